The van der Waals surface area contributed by atoms with Gasteiger partial charge in [0, 0.05) is 12.1 Å². The lowest BCUT2D eigenvalue weighted by atomic mass is 10.1. The number of likely N-dealkylation sites (tertiary alicyclic amines) is 1. The maximum atomic E-state index is 13.6. The van der Waals surface area contributed by atoms with Gasteiger partial charge in [0.2, 0.25) is 0 Å². The second-order valence-electron chi connectivity index (χ2n) is 7.13. The summed E-state index contributed by atoms with van der Waals surface area (Å²) in [6, 6.07) is 3.28. The molecule has 0 radical (unpaired) electrons. The Kier molecular flexibility index (Phi) is 4.94. The topological polar surface area (TPSA) is 38.8 Å². The molecule has 6 heteroatoms. The molecule has 0 aromatic heterocycles. The molecule has 1 aliphatic heterocycles. The third-order valence-electron chi connectivity index (χ3n) is 3.67. The molecule has 1 aromatic carbocycles. The monoisotopic (exact) mass is 327 g/mol. The largest absolute Gasteiger partial charge is 0.444 e. The summed E-state index contributed by atoms with van der Waals surface area (Å²) in [5.41, 5.74) is -0.987. The molecule has 23 heavy (non-hydrogen) atoms. The van der Waals surface area contributed by atoms with Crippen LogP contribution in [-0.2, 0) is 16.1 Å². The molecule has 0 bridgehead atoms. The highest BCUT2D eigenvalue weighted by molar-refractivity contribution is 5.68. The Morgan fingerprint density at radius 2 is 2.04 bits per heavy atom. The van der Waals surface area contributed by atoms with Gasteiger partial charge in [0.1, 0.15) is 17.2 Å². The molecule has 1 aromatic rings. The van der Waals surface area contributed by atoms with Crippen molar-refractivity contribution in [3.8, 4) is 0 Å². The molecular formula is C17H23F2NO3. The Bertz CT molecular complexity index is 586. The minimum absolute atomic E-state index is 0.0394. The third-order valence-corrected chi connectivity index (χ3v) is 3.67. The van der Waals surface area contributed by atoms with Gasteiger partial charge in [-0.05, 0) is 52.3 Å². The fourth-order valence-corrected chi connectivity index (χ4v) is 2.44. The first-order valence-corrected chi connectivity index (χ1v) is 7.64. The van der Waals surface area contributed by atoms with Crippen LogP contribution in [-0.4, -0.2) is 35.3 Å². The molecule has 0 aliphatic carbocycles. The molecule has 1 amide bonds. The number of carbonyl (C=O) groups is 1. The minimum atomic E-state index is -0.602. The number of hydrogen-bond donors (Lipinski definition) is 0. The Morgan fingerprint density at radius 1 is 1.35 bits per heavy atom. The Labute approximate surface area is 135 Å². The van der Waals surface area contributed by atoms with Gasteiger partial charge in [0.05, 0.1) is 18.8 Å². The van der Waals surface area contributed by atoms with Crippen molar-refractivity contribution in [2.75, 3.05) is 13.1 Å². The number of benzene rings is 1. The summed E-state index contributed by atoms with van der Waals surface area (Å²) in [4.78, 5) is 13.6. The molecule has 1 unspecified atom stereocenters. The lowest BCUT2D eigenvalue weighted by Gasteiger charge is -2.27. The van der Waals surface area contributed by atoms with Crippen LogP contribution in [0.2, 0.25) is 0 Å². The van der Waals surface area contributed by atoms with E-state index >= 15 is 0 Å². The van der Waals surface area contributed by atoms with Crippen molar-refractivity contribution in [3.63, 3.8) is 0 Å². The summed E-state index contributed by atoms with van der Waals surface area (Å²) in [6.45, 7) is 8.11. The van der Waals surface area contributed by atoms with Crippen molar-refractivity contribution in [2.24, 2.45) is 0 Å². The Morgan fingerprint density at radius 3 is 2.70 bits per heavy atom. The molecule has 1 heterocycles. The first-order chi connectivity index (χ1) is 10.6. The number of rotatable bonds is 3. The fraction of sp³-hybridized carbons (Fsp3) is 0.588. The zero-order chi connectivity index (χ0) is 17.3. The van der Waals surface area contributed by atoms with E-state index in [1.807, 2.05) is 27.7 Å². The van der Waals surface area contributed by atoms with E-state index in [0.717, 1.165) is 18.2 Å². The smallest absolute Gasteiger partial charge is 0.410 e. The molecule has 1 saturated heterocycles. The molecule has 4 nitrogen and oxygen atoms in total. The number of nitrogens with zero attached hydrogens (tertiary/aromatic N) is 1. The van der Waals surface area contributed by atoms with Gasteiger partial charge in [-0.2, -0.15) is 0 Å². The van der Waals surface area contributed by atoms with E-state index in [1.165, 1.54) is 0 Å². The van der Waals surface area contributed by atoms with E-state index < -0.39 is 22.8 Å². The maximum Gasteiger partial charge on any atom is 0.410 e. The van der Waals surface area contributed by atoms with E-state index in [1.54, 1.807) is 4.90 Å². The average molecular weight is 327 g/mol. The van der Waals surface area contributed by atoms with E-state index in [4.69, 9.17) is 9.47 Å². The van der Waals surface area contributed by atoms with Gasteiger partial charge < -0.3 is 14.4 Å². The van der Waals surface area contributed by atoms with E-state index in [-0.39, 0.29) is 18.3 Å². The van der Waals surface area contributed by atoms with Crippen LogP contribution in [0.25, 0.3) is 0 Å². The van der Waals surface area contributed by atoms with Crippen molar-refractivity contribution < 1.29 is 23.0 Å². The summed E-state index contributed by atoms with van der Waals surface area (Å²) in [7, 11) is 0. The lowest BCUT2D eigenvalue weighted by Crippen LogP contribution is -2.39. The van der Waals surface area contributed by atoms with Gasteiger partial charge in [-0.1, -0.05) is 0 Å². The predicted molar refractivity (Wildman–Crippen MR) is 82.0 cm³/mol. The summed E-state index contributed by atoms with van der Waals surface area (Å²) in [5.74, 6) is -1.01. The minimum Gasteiger partial charge on any atom is -0.444 e. The summed E-state index contributed by atoms with van der Waals surface area (Å²) >= 11 is 0. The maximum absolute atomic E-state index is 13.6. The van der Waals surface area contributed by atoms with Crippen LogP contribution in [0.4, 0.5) is 13.6 Å². The third kappa shape index (κ3) is 4.89. The van der Waals surface area contributed by atoms with Crippen molar-refractivity contribution in [3.05, 3.63) is 35.4 Å². The average Bonchev–Trinajstić information content (AvgIpc) is 2.81. The Hall–Kier alpha value is -1.69. The molecule has 0 N–H and O–H groups in total. The van der Waals surface area contributed by atoms with Crippen molar-refractivity contribution in [1.82, 2.24) is 4.90 Å². The molecule has 1 fully saturated rings. The van der Waals surface area contributed by atoms with Crippen molar-refractivity contribution in [2.45, 2.75) is 51.9 Å². The highest BCUT2D eigenvalue weighted by atomic mass is 19.1. The zero-order valence-electron chi connectivity index (χ0n) is 14.0. The van der Waals surface area contributed by atoms with Crippen LogP contribution in [0, 0.1) is 11.6 Å². The van der Waals surface area contributed by atoms with Crippen LogP contribution >= 0.6 is 0 Å². The van der Waals surface area contributed by atoms with Gasteiger partial charge in [-0.3, -0.25) is 0 Å². The molecule has 128 valence electrons. The second kappa shape index (κ2) is 6.43. The number of halogens is 2. The number of amides is 1. The van der Waals surface area contributed by atoms with Crippen LogP contribution in [0.5, 0.6) is 0 Å². The fourth-order valence-electron chi connectivity index (χ4n) is 2.44. The molecule has 1 aliphatic rings. The van der Waals surface area contributed by atoms with Crippen LogP contribution in [0.3, 0.4) is 0 Å². The lowest BCUT2D eigenvalue weighted by molar-refractivity contribution is -0.0384. The summed E-state index contributed by atoms with van der Waals surface area (Å²) in [6.07, 6.45) is 0.227. The number of ether oxygens (including phenoxy) is 2. The molecule has 1 atom stereocenters. The normalized spacial score (nSPS) is 21.6. The number of hydrogen-bond acceptors (Lipinski definition) is 3. The van der Waals surface area contributed by atoms with Gasteiger partial charge in [-0.25, -0.2) is 13.6 Å². The molecule has 0 spiro atoms. The standard InChI is InChI=1S/C17H23F2NO3/c1-16(2,3)23-15(21)20-8-7-17(4,11-20)22-10-12-9-13(18)5-6-14(12)19/h5-6,9H,7-8,10-11H2,1-4H3. The first-order valence-electron chi connectivity index (χ1n) is 7.64. The van der Waals surface area contributed by atoms with Crippen molar-refractivity contribution >= 4 is 6.09 Å². The summed E-state index contributed by atoms with van der Waals surface area (Å²) in [5, 5.41) is 0. The number of carbonyl (C=O) groups excluding carboxylic acids is 1. The highest BCUT2D eigenvalue weighted by Crippen LogP contribution is 2.28. The molecule has 0 saturated carbocycles. The van der Waals surface area contributed by atoms with Crippen LogP contribution < -0.4 is 0 Å². The Balaban J connectivity index is 1.94. The van der Waals surface area contributed by atoms with Crippen LogP contribution in [0.1, 0.15) is 39.7 Å². The van der Waals surface area contributed by atoms with Crippen LogP contribution in [0.15, 0.2) is 18.2 Å². The van der Waals surface area contributed by atoms with E-state index in [0.29, 0.717) is 19.5 Å². The first kappa shape index (κ1) is 17.7. The van der Waals surface area contributed by atoms with E-state index in [2.05, 4.69) is 0 Å². The van der Waals surface area contributed by atoms with Crippen molar-refractivity contribution in [1.29, 1.82) is 0 Å². The summed E-state index contributed by atoms with van der Waals surface area (Å²) < 4.78 is 37.9. The SMILES string of the molecule is CC(C)(C)OC(=O)N1CCC(C)(OCc2cc(F)ccc2F)C1. The highest BCUT2D eigenvalue weighted by Gasteiger charge is 2.38. The second-order valence-corrected chi connectivity index (χ2v) is 7.13. The van der Waals surface area contributed by atoms with Gasteiger partial charge in [0.25, 0.3) is 0 Å². The zero-order valence-corrected chi connectivity index (χ0v) is 14.0. The van der Waals surface area contributed by atoms with Gasteiger partial charge in [0.15, 0.2) is 0 Å². The quantitative estimate of drug-likeness (QED) is 0.846. The van der Waals surface area contributed by atoms with E-state index in [9.17, 15) is 13.6 Å². The molecule has 2 rings (SSSR count). The molecular weight excluding hydrogens is 304 g/mol. The van der Waals surface area contributed by atoms with Gasteiger partial charge >= 0.3 is 6.09 Å². The van der Waals surface area contributed by atoms with Gasteiger partial charge in [-0.15, -0.1) is 0 Å². The predicted octanol–water partition coefficient (Wildman–Crippen LogP) is 3.88.